The fraction of sp³-hybridized carbons (Fsp3) is 0.400. The fourth-order valence-electron chi connectivity index (χ4n) is 2.41. The Kier molecular flexibility index (Phi) is 6.08. The summed E-state index contributed by atoms with van der Waals surface area (Å²) in [6.07, 6.45) is -3.00. The van der Waals surface area contributed by atoms with Gasteiger partial charge in [-0.15, -0.1) is 0 Å². The molecule has 1 aliphatic heterocycles. The number of rotatable bonds is 4. The molecule has 1 aromatic rings. The van der Waals surface area contributed by atoms with E-state index in [1.54, 1.807) is 0 Å². The van der Waals surface area contributed by atoms with Crippen LogP contribution >= 0.6 is 0 Å². The molecule has 0 aliphatic carbocycles. The predicted molar refractivity (Wildman–Crippen MR) is 82.0 cm³/mol. The van der Waals surface area contributed by atoms with Gasteiger partial charge in [0, 0.05) is 0 Å². The summed E-state index contributed by atoms with van der Waals surface area (Å²) in [7, 11) is 0.864. The quantitative estimate of drug-likeness (QED) is 0.586. The molecule has 1 saturated heterocycles. The molecule has 0 radical (unpaired) electrons. The van der Waals surface area contributed by atoms with Crippen molar-refractivity contribution in [3.8, 4) is 0 Å². The van der Waals surface area contributed by atoms with Crippen LogP contribution in [0.5, 0.6) is 0 Å². The Morgan fingerprint density at radius 2 is 1.84 bits per heavy atom. The molecule has 25 heavy (non-hydrogen) atoms. The Balaban J connectivity index is 2.34. The molecule has 1 unspecified atom stereocenters. The van der Waals surface area contributed by atoms with E-state index in [0.29, 0.717) is 0 Å². The number of carbonyl (C=O) groups excluding carboxylic acids is 3. The molecule has 0 saturated carbocycles. The van der Waals surface area contributed by atoms with Gasteiger partial charge < -0.3 is 14.0 Å². The van der Waals surface area contributed by atoms with Crippen LogP contribution in [-0.4, -0.2) is 63.6 Å². The first-order chi connectivity index (χ1) is 11.8. The van der Waals surface area contributed by atoms with Crippen LogP contribution in [0.1, 0.15) is 21.7 Å². The Morgan fingerprint density at radius 1 is 1.24 bits per heavy atom. The molecule has 0 amide bonds. The number of ether oxygens (including phenoxy) is 1. The molecule has 1 aromatic carbocycles. The monoisotopic (exact) mass is 355 g/mol. The van der Waals surface area contributed by atoms with Crippen LogP contribution in [-0.2, 0) is 23.6 Å². The number of esters is 1. The summed E-state index contributed by atoms with van der Waals surface area (Å²) < 4.78 is 41.7. The molecule has 10 heteroatoms. The third kappa shape index (κ3) is 4.75. The standard InChI is InChI=1S/C15H16BF2NO6/c1-19-7-11(20)24-16(25-12(21)8-19)13(14(17)18)9-4-3-5-10(6-9)15(22)23-2/h3-6,13-14H,7-8H2,1-2H3. The Bertz CT molecular complexity index is 651. The largest absolute Gasteiger partial charge is 0.612 e. The molecule has 1 heterocycles. The molecular formula is C15H16BF2NO6. The van der Waals surface area contributed by atoms with Crippen molar-refractivity contribution in [2.24, 2.45) is 0 Å². The number of nitrogens with zero attached hydrogens (tertiary/aromatic N) is 1. The Labute approximate surface area is 143 Å². The van der Waals surface area contributed by atoms with Crippen molar-refractivity contribution in [1.82, 2.24) is 4.90 Å². The fourth-order valence-corrected chi connectivity index (χ4v) is 2.41. The first-order valence-corrected chi connectivity index (χ1v) is 7.35. The zero-order valence-corrected chi connectivity index (χ0v) is 13.6. The van der Waals surface area contributed by atoms with Gasteiger partial charge in [-0.1, -0.05) is 12.1 Å². The number of hydrogen-bond acceptors (Lipinski definition) is 7. The minimum Gasteiger partial charge on any atom is -0.498 e. The van der Waals surface area contributed by atoms with Crippen molar-refractivity contribution in [3.63, 3.8) is 0 Å². The summed E-state index contributed by atoms with van der Waals surface area (Å²) in [5, 5.41) is 0. The smallest absolute Gasteiger partial charge is 0.498 e. The summed E-state index contributed by atoms with van der Waals surface area (Å²) in [5.41, 5.74) is 0.0336. The van der Waals surface area contributed by atoms with E-state index >= 15 is 0 Å². The zero-order valence-electron chi connectivity index (χ0n) is 13.6. The van der Waals surface area contributed by atoms with Crippen molar-refractivity contribution in [3.05, 3.63) is 35.4 Å². The first kappa shape index (κ1) is 18.8. The summed E-state index contributed by atoms with van der Waals surface area (Å²) in [6, 6.07) is 5.30. The second-order valence-corrected chi connectivity index (χ2v) is 5.50. The molecule has 7 nitrogen and oxygen atoms in total. The van der Waals surface area contributed by atoms with E-state index in [2.05, 4.69) is 4.74 Å². The summed E-state index contributed by atoms with van der Waals surface area (Å²) in [5.74, 6) is -4.03. The number of halogens is 2. The van der Waals surface area contributed by atoms with Crippen molar-refractivity contribution >= 4 is 25.0 Å². The van der Waals surface area contributed by atoms with Gasteiger partial charge in [0.15, 0.2) is 0 Å². The number of carbonyl (C=O) groups is 3. The van der Waals surface area contributed by atoms with Crippen LogP contribution < -0.4 is 0 Å². The SMILES string of the molecule is COC(=O)c1cccc(C(B2OC(=O)CN(C)CC(=O)O2)C(F)F)c1. The molecule has 0 N–H and O–H groups in total. The van der Waals surface area contributed by atoms with Crippen LogP contribution in [0.25, 0.3) is 0 Å². The van der Waals surface area contributed by atoms with Gasteiger partial charge in [-0.3, -0.25) is 14.5 Å². The molecule has 1 atom stereocenters. The van der Waals surface area contributed by atoms with Gasteiger partial charge in [-0.05, 0) is 24.7 Å². The number of likely N-dealkylation sites (N-methyl/N-ethyl adjacent to an activating group) is 1. The van der Waals surface area contributed by atoms with Gasteiger partial charge in [0.2, 0.25) is 6.43 Å². The predicted octanol–water partition coefficient (Wildman–Crippen LogP) is 0.881. The van der Waals surface area contributed by atoms with Gasteiger partial charge in [0.1, 0.15) is 5.82 Å². The van der Waals surface area contributed by atoms with Crippen molar-refractivity contribution in [2.45, 2.75) is 12.2 Å². The summed E-state index contributed by atoms with van der Waals surface area (Å²) in [4.78, 5) is 36.5. The van der Waals surface area contributed by atoms with E-state index in [1.165, 1.54) is 36.2 Å². The average Bonchev–Trinajstić information content (AvgIpc) is 2.52. The van der Waals surface area contributed by atoms with E-state index in [-0.39, 0.29) is 24.2 Å². The van der Waals surface area contributed by atoms with Crippen LogP contribution in [0.4, 0.5) is 8.78 Å². The molecule has 2 rings (SSSR count). The molecule has 0 bridgehead atoms. The van der Waals surface area contributed by atoms with E-state index in [0.717, 1.165) is 7.11 Å². The summed E-state index contributed by atoms with van der Waals surface area (Å²) >= 11 is 0. The number of hydrogen-bond donors (Lipinski definition) is 0. The van der Waals surface area contributed by atoms with Crippen LogP contribution in [0.3, 0.4) is 0 Å². The van der Waals surface area contributed by atoms with Gasteiger partial charge in [0.05, 0.1) is 25.8 Å². The lowest BCUT2D eigenvalue weighted by Gasteiger charge is -2.27. The normalized spacial score (nSPS) is 17.4. The highest BCUT2D eigenvalue weighted by Gasteiger charge is 2.46. The maximum atomic E-state index is 13.6. The highest BCUT2D eigenvalue weighted by Crippen LogP contribution is 2.29. The van der Waals surface area contributed by atoms with Crippen LogP contribution in [0, 0.1) is 0 Å². The van der Waals surface area contributed by atoms with E-state index < -0.39 is 37.3 Å². The average molecular weight is 355 g/mol. The third-order valence-corrected chi connectivity index (χ3v) is 3.55. The van der Waals surface area contributed by atoms with E-state index in [1.807, 2.05) is 0 Å². The minimum atomic E-state index is -3.00. The second kappa shape index (κ2) is 8.06. The molecule has 0 aromatic heterocycles. The van der Waals surface area contributed by atoms with E-state index in [9.17, 15) is 23.2 Å². The van der Waals surface area contributed by atoms with Gasteiger partial charge >= 0.3 is 25.0 Å². The Morgan fingerprint density at radius 3 is 2.36 bits per heavy atom. The Hall–Kier alpha value is -2.49. The maximum absolute atomic E-state index is 13.6. The lowest BCUT2D eigenvalue weighted by Crippen LogP contribution is -2.46. The molecular weight excluding hydrogens is 339 g/mol. The van der Waals surface area contributed by atoms with Crippen LogP contribution in [0.2, 0.25) is 0 Å². The van der Waals surface area contributed by atoms with Crippen molar-refractivity contribution < 1.29 is 37.2 Å². The second-order valence-electron chi connectivity index (χ2n) is 5.50. The zero-order chi connectivity index (χ0) is 18.6. The third-order valence-electron chi connectivity index (χ3n) is 3.55. The van der Waals surface area contributed by atoms with E-state index in [4.69, 9.17) is 9.31 Å². The molecule has 1 aliphatic rings. The maximum Gasteiger partial charge on any atom is 0.612 e. The topological polar surface area (TPSA) is 82.1 Å². The van der Waals surface area contributed by atoms with Crippen molar-refractivity contribution in [2.75, 3.05) is 27.2 Å². The highest BCUT2D eigenvalue weighted by atomic mass is 19.3. The van der Waals surface area contributed by atoms with Crippen LogP contribution in [0.15, 0.2) is 24.3 Å². The lowest BCUT2D eigenvalue weighted by molar-refractivity contribution is -0.146. The molecule has 0 spiro atoms. The van der Waals surface area contributed by atoms with Gasteiger partial charge in [0.25, 0.3) is 0 Å². The number of benzene rings is 1. The van der Waals surface area contributed by atoms with Gasteiger partial charge in [-0.25, -0.2) is 13.6 Å². The molecule has 134 valence electrons. The van der Waals surface area contributed by atoms with Gasteiger partial charge in [-0.2, -0.15) is 0 Å². The number of methoxy groups -OCH3 is 1. The molecule has 1 fully saturated rings. The lowest BCUT2D eigenvalue weighted by atomic mass is 9.67. The highest BCUT2D eigenvalue weighted by molar-refractivity contribution is 6.51. The van der Waals surface area contributed by atoms with Crippen molar-refractivity contribution in [1.29, 1.82) is 0 Å². The first-order valence-electron chi connectivity index (χ1n) is 7.35. The minimum absolute atomic E-state index is 0.0163. The summed E-state index contributed by atoms with van der Waals surface area (Å²) in [6.45, 7) is -0.465. The number of alkyl halides is 2.